The van der Waals surface area contributed by atoms with Crippen LogP contribution in [-0.2, 0) is 13.5 Å². The summed E-state index contributed by atoms with van der Waals surface area (Å²) < 4.78 is 5.82. The number of rotatable bonds is 6. The minimum atomic E-state index is 0.216. The van der Waals surface area contributed by atoms with Gasteiger partial charge in [0.1, 0.15) is 12.2 Å². The van der Waals surface area contributed by atoms with Gasteiger partial charge in [0.25, 0.3) is 0 Å². The van der Waals surface area contributed by atoms with E-state index in [1.54, 1.807) is 6.33 Å². The van der Waals surface area contributed by atoms with Crippen LogP contribution < -0.4 is 5.32 Å². The van der Waals surface area contributed by atoms with Crippen molar-refractivity contribution in [2.75, 3.05) is 6.54 Å². The summed E-state index contributed by atoms with van der Waals surface area (Å²) in [6, 6.07) is 0.216. The van der Waals surface area contributed by atoms with Crippen molar-refractivity contribution in [3.05, 3.63) is 22.7 Å². The predicted octanol–water partition coefficient (Wildman–Crippen LogP) is 1.26. The lowest BCUT2D eigenvalue weighted by atomic mass is 10.1. The van der Waals surface area contributed by atoms with E-state index in [1.807, 2.05) is 18.7 Å². The van der Waals surface area contributed by atoms with Crippen LogP contribution in [-0.4, -0.2) is 30.9 Å². The van der Waals surface area contributed by atoms with Gasteiger partial charge in [-0.1, -0.05) is 11.4 Å². The van der Waals surface area contributed by atoms with Gasteiger partial charge < -0.3 is 5.32 Å². The van der Waals surface area contributed by atoms with E-state index in [2.05, 4.69) is 31.9 Å². The van der Waals surface area contributed by atoms with Gasteiger partial charge in [-0.15, -0.1) is 5.10 Å². The van der Waals surface area contributed by atoms with Crippen LogP contribution >= 0.6 is 11.5 Å². The smallest absolute Gasteiger partial charge is 0.138 e. The fraction of sp³-hybridized carbons (Fsp3) is 0.636. The molecule has 18 heavy (non-hydrogen) atoms. The molecule has 7 heteroatoms. The van der Waals surface area contributed by atoms with Gasteiger partial charge in [0.05, 0.1) is 16.6 Å². The van der Waals surface area contributed by atoms with Crippen LogP contribution in [0.25, 0.3) is 0 Å². The van der Waals surface area contributed by atoms with E-state index >= 15 is 0 Å². The van der Waals surface area contributed by atoms with Crippen LogP contribution in [0.5, 0.6) is 0 Å². The molecule has 0 radical (unpaired) electrons. The Kier molecular flexibility index (Phi) is 4.38. The summed E-state index contributed by atoms with van der Waals surface area (Å²) in [4.78, 5) is 5.47. The molecule has 2 aromatic heterocycles. The Balaban J connectivity index is 2.15. The summed E-state index contributed by atoms with van der Waals surface area (Å²) in [5.74, 6) is 0.969. The van der Waals surface area contributed by atoms with E-state index < -0.39 is 0 Å². The van der Waals surface area contributed by atoms with Crippen molar-refractivity contribution in [2.24, 2.45) is 7.05 Å². The van der Waals surface area contributed by atoms with Crippen LogP contribution in [0.2, 0.25) is 0 Å². The van der Waals surface area contributed by atoms with E-state index in [4.69, 9.17) is 0 Å². The van der Waals surface area contributed by atoms with E-state index in [1.165, 1.54) is 16.4 Å². The zero-order chi connectivity index (χ0) is 13.0. The molecule has 0 bridgehead atoms. The highest BCUT2D eigenvalue weighted by atomic mass is 32.1. The minimum Gasteiger partial charge on any atom is -0.309 e. The molecule has 98 valence electrons. The molecule has 1 unspecified atom stereocenters. The summed E-state index contributed by atoms with van der Waals surface area (Å²) in [6.07, 6.45) is 3.49. The van der Waals surface area contributed by atoms with Crippen LogP contribution in [0.15, 0.2) is 6.33 Å². The van der Waals surface area contributed by atoms with Crippen molar-refractivity contribution in [1.29, 1.82) is 0 Å². The maximum atomic E-state index is 4.28. The monoisotopic (exact) mass is 266 g/mol. The van der Waals surface area contributed by atoms with Crippen molar-refractivity contribution in [2.45, 2.75) is 32.7 Å². The van der Waals surface area contributed by atoms with Crippen LogP contribution in [0, 0.1) is 6.92 Å². The first kappa shape index (κ1) is 13.1. The lowest BCUT2D eigenvalue weighted by Crippen LogP contribution is -2.25. The van der Waals surface area contributed by atoms with Gasteiger partial charge in [-0.3, -0.25) is 4.68 Å². The topological polar surface area (TPSA) is 68.5 Å². The molecule has 0 spiro atoms. The molecule has 0 fully saturated rings. The second-order valence-electron chi connectivity index (χ2n) is 4.23. The first-order valence-corrected chi connectivity index (χ1v) is 6.84. The summed E-state index contributed by atoms with van der Waals surface area (Å²) in [7, 11) is 1.91. The van der Waals surface area contributed by atoms with Gasteiger partial charge >= 0.3 is 0 Å². The Morgan fingerprint density at radius 3 is 2.89 bits per heavy atom. The van der Waals surface area contributed by atoms with Gasteiger partial charge in [-0.25, -0.2) is 4.98 Å². The molecule has 0 aliphatic carbocycles. The maximum absolute atomic E-state index is 4.28. The molecule has 2 heterocycles. The summed E-state index contributed by atoms with van der Waals surface area (Å²) >= 11 is 1.45. The zero-order valence-electron chi connectivity index (χ0n) is 10.9. The Hall–Kier alpha value is -1.34. The molecule has 0 aliphatic heterocycles. The van der Waals surface area contributed by atoms with Crippen molar-refractivity contribution < 1.29 is 0 Å². The average Bonchev–Trinajstić information content (AvgIpc) is 2.94. The standard InChI is InChI=1S/C11H18N6S/c1-4-5-12-9(11-8(2)15-16-18-11)6-10-13-7-14-17(10)3/h7,9,12H,4-6H2,1-3H3. The summed E-state index contributed by atoms with van der Waals surface area (Å²) in [5.41, 5.74) is 0.996. The first-order valence-electron chi connectivity index (χ1n) is 6.07. The van der Waals surface area contributed by atoms with Gasteiger partial charge in [-0.05, 0) is 31.4 Å². The fourth-order valence-corrected chi connectivity index (χ4v) is 2.54. The lowest BCUT2D eigenvalue weighted by molar-refractivity contribution is 0.510. The first-order chi connectivity index (χ1) is 8.72. The van der Waals surface area contributed by atoms with Crippen molar-refractivity contribution >= 4 is 11.5 Å². The highest BCUT2D eigenvalue weighted by molar-refractivity contribution is 7.05. The summed E-state index contributed by atoms with van der Waals surface area (Å²) in [6.45, 7) is 5.13. The zero-order valence-corrected chi connectivity index (χ0v) is 11.7. The van der Waals surface area contributed by atoms with Crippen molar-refractivity contribution in [3.63, 3.8) is 0 Å². The van der Waals surface area contributed by atoms with Gasteiger partial charge in [0, 0.05) is 13.5 Å². The van der Waals surface area contributed by atoms with Gasteiger partial charge in [-0.2, -0.15) is 5.10 Å². The molecule has 0 saturated heterocycles. The third-order valence-corrected chi connectivity index (χ3v) is 3.78. The Morgan fingerprint density at radius 1 is 1.50 bits per heavy atom. The highest BCUT2D eigenvalue weighted by Crippen LogP contribution is 2.22. The quantitative estimate of drug-likeness (QED) is 0.852. The normalized spacial score (nSPS) is 12.8. The molecule has 0 aromatic carbocycles. The molecule has 1 N–H and O–H groups in total. The van der Waals surface area contributed by atoms with Crippen molar-refractivity contribution in [3.8, 4) is 0 Å². The Morgan fingerprint density at radius 2 is 2.33 bits per heavy atom. The number of nitrogens with one attached hydrogen (secondary N) is 1. The third kappa shape index (κ3) is 2.91. The number of aryl methyl sites for hydroxylation is 2. The largest absolute Gasteiger partial charge is 0.309 e. The average molecular weight is 266 g/mol. The fourth-order valence-electron chi connectivity index (χ4n) is 1.82. The third-order valence-electron chi connectivity index (χ3n) is 2.84. The number of aromatic nitrogens is 5. The van der Waals surface area contributed by atoms with E-state index in [9.17, 15) is 0 Å². The molecular weight excluding hydrogens is 248 g/mol. The molecule has 6 nitrogen and oxygen atoms in total. The predicted molar refractivity (Wildman–Crippen MR) is 70.4 cm³/mol. The minimum absolute atomic E-state index is 0.216. The second kappa shape index (κ2) is 6.01. The molecular formula is C11H18N6S. The molecule has 0 saturated carbocycles. The molecule has 1 atom stereocenters. The Labute approximate surface area is 111 Å². The molecule has 2 aromatic rings. The number of nitrogens with zero attached hydrogens (tertiary/aromatic N) is 5. The molecule has 0 aliphatic rings. The van der Waals surface area contributed by atoms with Crippen molar-refractivity contribution in [1.82, 2.24) is 29.7 Å². The maximum Gasteiger partial charge on any atom is 0.138 e. The lowest BCUT2D eigenvalue weighted by Gasteiger charge is -2.16. The number of hydrogen-bond acceptors (Lipinski definition) is 6. The van der Waals surface area contributed by atoms with E-state index in [0.717, 1.165) is 30.9 Å². The Bertz CT molecular complexity index is 491. The van der Waals surface area contributed by atoms with Gasteiger partial charge in [0.15, 0.2) is 0 Å². The van der Waals surface area contributed by atoms with E-state index in [0.29, 0.717) is 0 Å². The second-order valence-corrected chi connectivity index (χ2v) is 5.02. The highest BCUT2D eigenvalue weighted by Gasteiger charge is 2.19. The van der Waals surface area contributed by atoms with Gasteiger partial charge in [0.2, 0.25) is 0 Å². The molecule has 2 rings (SSSR count). The SMILES string of the molecule is CCCNC(Cc1ncnn1C)c1snnc1C. The number of hydrogen-bond donors (Lipinski definition) is 1. The molecule has 0 amide bonds. The van der Waals surface area contributed by atoms with Crippen LogP contribution in [0.3, 0.4) is 0 Å². The van der Waals surface area contributed by atoms with E-state index in [-0.39, 0.29) is 6.04 Å². The van der Waals surface area contributed by atoms with Crippen LogP contribution in [0.4, 0.5) is 0 Å². The van der Waals surface area contributed by atoms with Crippen LogP contribution in [0.1, 0.15) is 35.8 Å². The summed E-state index contributed by atoms with van der Waals surface area (Å²) in [5, 5.41) is 11.7.